The summed E-state index contributed by atoms with van der Waals surface area (Å²) in [6.45, 7) is 1.86. The van der Waals surface area contributed by atoms with Gasteiger partial charge in [-0.15, -0.1) is 0 Å². The normalized spacial score (nSPS) is 10.3. The number of carbonyl (C=O) groups excluding carboxylic acids is 1. The molecule has 0 aromatic carbocycles. The minimum absolute atomic E-state index is 0.207. The molecule has 0 aliphatic rings. The molecule has 0 saturated carbocycles. The lowest BCUT2D eigenvalue weighted by molar-refractivity contribution is 0.101. The molecule has 15 heavy (non-hydrogen) atoms. The molecule has 76 valence electrons. The van der Waals surface area contributed by atoms with Gasteiger partial charge in [-0.2, -0.15) is 0 Å². The predicted octanol–water partition coefficient (Wildman–Crippen LogP) is 2.87. The maximum Gasteiger partial charge on any atom is 0.229 e. The first-order valence-electron chi connectivity index (χ1n) is 4.39. The molecule has 2 rings (SSSR count). The Kier molecular flexibility index (Phi) is 2.56. The Labute approximate surface area is 91.7 Å². The van der Waals surface area contributed by atoms with Gasteiger partial charge in [0.05, 0.1) is 0 Å². The Bertz CT molecular complexity index is 488. The smallest absolute Gasteiger partial charge is 0.229 e. The number of aromatic nitrogens is 1. The van der Waals surface area contributed by atoms with Crippen LogP contribution in [0.15, 0.2) is 34.9 Å². The van der Waals surface area contributed by atoms with Crippen molar-refractivity contribution < 1.29 is 9.21 Å². The van der Waals surface area contributed by atoms with E-state index < -0.39 is 0 Å². The Morgan fingerprint density at radius 1 is 1.33 bits per heavy atom. The number of hydrogen-bond donors (Lipinski definition) is 0. The molecule has 0 N–H and O–H groups in total. The van der Waals surface area contributed by atoms with E-state index in [-0.39, 0.29) is 16.8 Å². The molecule has 2 aromatic heterocycles. The molecule has 0 aliphatic heterocycles. The lowest BCUT2D eigenvalue weighted by atomic mass is 10.1. The molecule has 0 atom stereocenters. The van der Waals surface area contributed by atoms with Gasteiger partial charge >= 0.3 is 0 Å². The SMILES string of the molecule is Cc1ccc(C(=O)c2ccc(Cl)o2)cn1. The average molecular weight is 222 g/mol. The van der Waals surface area contributed by atoms with Crippen molar-refractivity contribution in [2.45, 2.75) is 6.92 Å². The van der Waals surface area contributed by atoms with Gasteiger partial charge in [-0.05, 0) is 42.8 Å². The Balaban J connectivity index is 2.32. The molecule has 3 nitrogen and oxygen atoms in total. The Morgan fingerprint density at radius 2 is 2.13 bits per heavy atom. The third kappa shape index (κ3) is 2.07. The van der Waals surface area contributed by atoms with Gasteiger partial charge in [0, 0.05) is 17.5 Å². The fourth-order valence-electron chi connectivity index (χ4n) is 1.18. The first kappa shape index (κ1) is 9.93. The Hall–Kier alpha value is -1.61. The standard InChI is InChI=1S/C11H8ClNO2/c1-7-2-3-8(6-13-7)11(14)9-4-5-10(12)15-9/h2-6H,1H3. The molecular formula is C11H8ClNO2. The van der Waals surface area contributed by atoms with E-state index in [9.17, 15) is 4.79 Å². The number of ketones is 1. The van der Waals surface area contributed by atoms with Crippen LogP contribution in [-0.2, 0) is 0 Å². The van der Waals surface area contributed by atoms with Crippen LogP contribution in [0.5, 0.6) is 0 Å². The molecule has 0 aliphatic carbocycles. The molecule has 2 heterocycles. The highest BCUT2D eigenvalue weighted by atomic mass is 35.5. The molecule has 0 spiro atoms. The van der Waals surface area contributed by atoms with E-state index in [4.69, 9.17) is 16.0 Å². The molecule has 0 amide bonds. The number of furan rings is 1. The van der Waals surface area contributed by atoms with Crippen molar-refractivity contribution >= 4 is 17.4 Å². The summed E-state index contributed by atoms with van der Waals surface area (Å²) in [5.41, 5.74) is 1.36. The van der Waals surface area contributed by atoms with Crippen LogP contribution in [0.3, 0.4) is 0 Å². The summed E-state index contributed by atoms with van der Waals surface area (Å²) in [6.07, 6.45) is 1.52. The fourth-order valence-corrected chi connectivity index (χ4v) is 1.33. The number of pyridine rings is 1. The quantitative estimate of drug-likeness (QED) is 0.733. The van der Waals surface area contributed by atoms with Gasteiger partial charge in [0.1, 0.15) is 0 Å². The number of nitrogens with zero attached hydrogens (tertiary/aromatic N) is 1. The molecule has 0 bridgehead atoms. The number of carbonyl (C=O) groups is 1. The van der Waals surface area contributed by atoms with Crippen molar-refractivity contribution in [3.63, 3.8) is 0 Å². The molecule has 0 saturated heterocycles. The third-order valence-corrected chi connectivity index (χ3v) is 2.17. The Morgan fingerprint density at radius 3 is 2.67 bits per heavy atom. The van der Waals surface area contributed by atoms with Gasteiger partial charge in [-0.1, -0.05) is 0 Å². The zero-order valence-corrected chi connectivity index (χ0v) is 8.78. The number of hydrogen-bond acceptors (Lipinski definition) is 3. The van der Waals surface area contributed by atoms with Crippen molar-refractivity contribution in [3.8, 4) is 0 Å². The highest BCUT2D eigenvalue weighted by Crippen LogP contribution is 2.16. The van der Waals surface area contributed by atoms with E-state index in [1.165, 1.54) is 12.3 Å². The largest absolute Gasteiger partial charge is 0.441 e. The first-order chi connectivity index (χ1) is 7.16. The van der Waals surface area contributed by atoms with Gasteiger partial charge in [0.25, 0.3) is 0 Å². The first-order valence-corrected chi connectivity index (χ1v) is 4.77. The van der Waals surface area contributed by atoms with Crippen LogP contribution in [0, 0.1) is 6.92 Å². The van der Waals surface area contributed by atoms with E-state index >= 15 is 0 Å². The van der Waals surface area contributed by atoms with Crippen LogP contribution in [0.1, 0.15) is 21.8 Å². The zero-order valence-electron chi connectivity index (χ0n) is 8.03. The molecule has 0 radical (unpaired) electrons. The van der Waals surface area contributed by atoms with Gasteiger partial charge in [0.2, 0.25) is 5.78 Å². The van der Waals surface area contributed by atoms with Crippen molar-refractivity contribution in [2.75, 3.05) is 0 Å². The van der Waals surface area contributed by atoms with E-state index in [1.54, 1.807) is 18.2 Å². The fraction of sp³-hybridized carbons (Fsp3) is 0.0909. The molecule has 4 heteroatoms. The summed E-state index contributed by atoms with van der Waals surface area (Å²) in [5, 5.41) is 0.207. The molecule has 2 aromatic rings. The second-order valence-electron chi connectivity index (χ2n) is 3.12. The summed E-state index contributed by atoms with van der Waals surface area (Å²) < 4.78 is 5.02. The van der Waals surface area contributed by atoms with E-state index in [2.05, 4.69) is 4.98 Å². The highest BCUT2D eigenvalue weighted by Gasteiger charge is 2.13. The molecular weight excluding hydrogens is 214 g/mol. The molecule has 0 fully saturated rings. The minimum atomic E-state index is -0.214. The van der Waals surface area contributed by atoms with Crippen LogP contribution >= 0.6 is 11.6 Å². The highest BCUT2D eigenvalue weighted by molar-refractivity contribution is 6.29. The van der Waals surface area contributed by atoms with E-state index in [1.807, 2.05) is 6.92 Å². The van der Waals surface area contributed by atoms with Gasteiger partial charge in [-0.25, -0.2) is 0 Å². The third-order valence-electron chi connectivity index (χ3n) is 1.97. The van der Waals surface area contributed by atoms with Gasteiger partial charge in [0.15, 0.2) is 11.0 Å². The number of aryl methyl sites for hydroxylation is 1. The van der Waals surface area contributed by atoms with Crippen molar-refractivity contribution in [1.82, 2.24) is 4.98 Å². The second kappa shape index (κ2) is 3.87. The van der Waals surface area contributed by atoms with Gasteiger partial charge in [-0.3, -0.25) is 9.78 Å². The van der Waals surface area contributed by atoms with Crippen LogP contribution in [-0.4, -0.2) is 10.8 Å². The maximum atomic E-state index is 11.8. The molecule has 0 unspecified atom stereocenters. The van der Waals surface area contributed by atoms with Crippen LogP contribution in [0.4, 0.5) is 0 Å². The van der Waals surface area contributed by atoms with Crippen molar-refractivity contribution in [2.24, 2.45) is 0 Å². The maximum absolute atomic E-state index is 11.8. The van der Waals surface area contributed by atoms with Crippen LogP contribution in [0.25, 0.3) is 0 Å². The van der Waals surface area contributed by atoms with Crippen LogP contribution in [0.2, 0.25) is 5.22 Å². The topological polar surface area (TPSA) is 43.1 Å². The summed E-state index contributed by atoms with van der Waals surface area (Å²) in [6, 6.07) is 6.57. The van der Waals surface area contributed by atoms with E-state index in [0.717, 1.165) is 5.69 Å². The summed E-state index contributed by atoms with van der Waals surface area (Å²) >= 11 is 5.58. The summed E-state index contributed by atoms with van der Waals surface area (Å²) in [5.74, 6) is 0.0139. The second-order valence-corrected chi connectivity index (χ2v) is 3.49. The average Bonchev–Trinajstić information content (AvgIpc) is 2.65. The lowest BCUT2D eigenvalue weighted by Gasteiger charge is -1.97. The van der Waals surface area contributed by atoms with Crippen molar-refractivity contribution in [1.29, 1.82) is 0 Å². The summed E-state index contributed by atoms with van der Waals surface area (Å²) in [7, 11) is 0. The summed E-state index contributed by atoms with van der Waals surface area (Å²) in [4.78, 5) is 15.8. The monoisotopic (exact) mass is 221 g/mol. The van der Waals surface area contributed by atoms with E-state index in [0.29, 0.717) is 5.56 Å². The lowest BCUT2D eigenvalue weighted by Crippen LogP contribution is -2.00. The van der Waals surface area contributed by atoms with Crippen LogP contribution < -0.4 is 0 Å². The zero-order chi connectivity index (χ0) is 10.8. The number of halogens is 1. The van der Waals surface area contributed by atoms with Gasteiger partial charge < -0.3 is 4.42 Å². The predicted molar refractivity (Wildman–Crippen MR) is 56.1 cm³/mol. The minimum Gasteiger partial charge on any atom is -0.441 e. The number of rotatable bonds is 2. The van der Waals surface area contributed by atoms with Crippen molar-refractivity contribution in [3.05, 3.63) is 52.7 Å².